The number of aromatic nitrogens is 1. The highest BCUT2D eigenvalue weighted by Crippen LogP contribution is 2.35. The molecule has 3 nitrogen and oxygen atoms in total. The van der Waals surface area contributed by atoms with E-state index in [4.69, 9.17) is 28.2 Å². The van der Waals surface area contributed by atoms with E-state index in [0.29, 0.717) is 21.5 Å². The summed E-state index contributed by atoms with van der Waals surface area (Å²) in [6.07, 6.45) is 4.50. The number of Topliss-reactive ketones (excluding diaryl/α,β-unsaturated/α-hetero) is 1. The van der Waals surface area contributed by atoms with E-state index in [9.17, 15) is 4.79 Å². The Labute approximate surface area is 189 Å². The van der Waals surface area contributed by atoms with Crippen molar-refractivity contribution in [3.8, 4) is 11.3 Å². The van der Waals surface area contributed by atoms with E-state index in [1.807, 2.05) is 25.1 Å². The lowest BCUT2D eigenvalue weighted by Gasteiger charge is -2.06. The third-order valence-electron chi connectivity index (χ3n) is 3.63. The van der Waals surface area contributed by atoms with Crippen LogP contribution in [-0.4, -0.2) is 17.3 Å². The van der Waals surface area contributed by atoms with Crippen LogP contribution < -0.4 is 5.32 Å². The van der Waals surface area contributed by atoms with Crippen LogP contribution in [0.2, 0.25) is 10.0 Å². The Hall–Kier alpha value is -1.62. The van der Waals surface area contributed by atoms with Crippen molar-refractivity contribution in [3.63, 3.8) is 0 Å². The van der Waals surface area contributed by atoms with Crippen molar-refractivity contribution >= 4 is 45.5 Å². The van der Waals surface area contributed by atoms with Gasteiger partial charge in [-0.25, -0.2) is 4.98 Å². The molecule has 1 N–H and O–H groups in total. The normalized spacial score (nSPS) is 10.3. The third-order valence-corrected chi connectivity index (χ3v) is 5.41. The quantitative estimate of drug-likeness (QED) is 0.339. The molecule has 29 heavy (non-hydrogen) atoms. The molecule has 0 saturated carbocycles. The van der Waals surface area contributed by atoms with Gasteiger partial charge < -0.3 is 5.32 Å². The molecule has 6 heteroatoms. The molecule has 0 bridgehead atoms. The largest absolute Gasteiger partial charge is 0.362 e. The van der Waals surface area contributed by atoms with Crippen LogP contribution in [0.4, 0.5) is 5.13 Å². The van der Waals surface area contributed by atoms with E-state index in [0.717, 1.165) is 29.4 Å². The molecule has 0 fully saturated rings. The van der Waals surface area contributed by atoms with E-state index in [1.54, 1.807) is 23.5 Å². The van der Waals surface area contributed by atoms with Crippen molar-refractivity contribution in [1.82, 2.24) is 4.98 Å². The molecule has 0 atom stereocenters. The number of halogens is 2. The summed E-state index contributed by atoms with van der Waals surface area (Å²) in [4.78, 5) is 16.4. The number of nitrogens with zero attached hydrogens (tertiary/aromatic N) is 1. The minimum Gasteiger partial charge on any atom is -0.362 e. The fourth-order valence-corrected chi connectivity index (χ4v) is 3.84. The molecule has 1 aromatic carbocycles. The molecule has 2 rings (SSSR count). The fraction of sp³-hybridized carbons (Fsp3) is 0.391. The van der Waals surface area contributed by atoms with Gasteiger partial charge in [0.15, 0.2) is 10.9 Å². The topological polar surface area (TPSA) is 42.0 Å². The zero-order valence-electron chi connectivity index (χ0n) is 17.1. The average Bonchev–Trinajstić information content (AvgIpc) is 3.00. The maximum absolute atomic E-state index is 10.4. The Morgan fingerprint density at radius 2 is 1.97 bits per heavy atom. The minimum atomic E-state index is 0. The van der Waals surface area contributed by atoms with E-state index < -0.39 is 0 Å². The number of thiazole rings is 1. The molecular weight excluding hydrogens is 423 g/mol. The van der Waals surface area contributed by atoms with Gasteiger partial charge in [0.2, 0.25) is 0 Å². The van der Waals surface area contributed by atoms with Gasteiger partial charge in [-0.2, -0.15) is 0 Å². The molecule has 1 aromatic heterocycles. The van der Waals surface area contributed by atoms with Crippen molar-refractivity contribution in [3.05, 3.63) is 57.4 Å². The van der Waals surface area contributed by atoms with E-state index in [-0.39, 0.29) is 13.2 Å². The fourth-order valence-electron chi connectivity index (χ4n) is 2.28. The lowest BCUT2D eigenvalue weighted by atomic mass is 10.0. The first-order chi connectivity index (χ1) is 13.2. The predicted molar refractivity (Wildman–Crippen MR) is 132 cm³/mol. The molecule has 2 aromatic rings. The number of ketones is 1. The Bertz CT molecular complexity index is 841. The first-order valence-electron chi connectivity index (χ1n) is 9.21. The molecule has 0 saturated heterocycles. The number of anilines is 1. The molecular formula is C23H32Cl2N2OS. The second-order valence-electron chi connectivity index (χ2n) is 6.63. The highest BCUT2D eigenvalue weighted by Gasteiger charge is 2.15. The molecule has 0 unspecified atom stereocenters. The SMILES string of the molecule is C.C=C(/C=C\C)C(C)=O.CCNc1nc(-c2ccc(Cl)c(Cl)c2)c(CC(C)C)s1. The standard InChI is InChI=1S/C15H18Cl2N2S.C7H10O.CH4/c1-4-18-15-19-14(13(20-15)7-9(2)3)10-5-6-11(16)12(17)8-10;1-4-5-6(2)7(3)8;/h5-6,8-9H,4,7H2,1-3H3,(H,18,19);4-5H,2H2,1,3H3;1H4/b;5-4-;. The first-order valence-corrected chi connectivity index (χ1v) is 10.8. The van der Waals surface area contributed by atoms with Gasteiger partial charge in [0.05, 0.1) is 15.7 Å². The Morgan fingerprint density at radius 1 is 1.31 bits per heavy atom. The Kier molecular flexibility index (Phi) is 12.8. The maximum atomic E-state index is 10.4. The van der Waals surface area contributed by atoms with Crippen LogP contribution >= 0.6 is 34.5 Å². The van der Waals surface area contributed by atoms with Gasteiger partial charge in [-0.15, -0.1) is 11.3 Å². The van der Waals surface area contributed by atoms with E-state index in [1.165, 1.54) is 11.8 Å². The summed E-state index contributed by atoms with van der Waals surface area (Å²) in [6, 6.07) is 5.69. The van der Waals surface area contributed by atoms with Crippen LogP contribution in [0, 0.1) is 5.92 Å². The summed E-state index contributed by atoms with van der Waals surface area (Å²) in [6.45, 7) is 14.2. The molecule has 0 amide bonds. The monoisotopic (exact) mass is 454 g/mol. The molecule has 0 aliphatic rings. The Balaban J connectivity index is 0.000000747. The highest BCUT2D eigenvalue weighted by molar-refractivity contribution is 7.16. The summed E-state index contributed by atoms with van der Waals surface area (Å²) in [5.74, 6) is 0.620. The number of carbonyl (C=O) groups is 1. The maximum Gasteiger partial charge on any atom is 0.183 e. The van der Waals surface area contributed by atoms with Gasteiger partial charge in [0.25, 0.3) is 0 Å². The lowest BCUT2D eigenvalue weighted by Crippen LogP contribution is -1.95. The van der Waals surface area contributed by atoms with Crippen molar-refractivity contribution in [2.45, 2.75) is 48.5 Å². The molecule has 0 aliphatic carbocycles. The predicted octanol–water partition coefficient (Wildman–Crippen LogP) is 8.09. The molecule has 0 aliphatic heterocycles. The summed E-state index contributed by atoms with van der Waals surface area (Å²) in [7, 11) is 0. The Morgan fingerprint density at radius 3 is 2.41 bits per heavy atom. The number of nitrogens with one attached hydrogen (secondary N) is 1. The van der Waals surface area contributed by atoms with Crippen molar-refractivity contribution in [2.24, 2.45) is 5.92 Å². The van der Waals surface area contributed by atoms with E-state index in [2.05, 4.69) is 32.7 Å². The van der Waals surface area contributed by atoms with Crippen LogP contribution in [0.3, 0.4) is 0 Å². The van der Waals surface area contributed by atoms with Crippen molar-refractivity contribution in [2.75, 3.05) is 11.9 Å². The summed E-state index contributed by atoms with van der Waals surface area (Å²) < 4.78 is 0. The molecule has 160 valence electrons. The van der Waals surface area contributed by atoms with Crippen LogP contribution in [0.5, 0.6) is 0 Å². The van der Waals surface area contributed by atoms with Gasteiger partial charge in [-0.3, -0.25) is 4.79 Å². The number of allylic oxidation sites excluding steroid dienone is 3. The van der Waals surface area contributed by atoms with Gasteiger partial charge in [0, 0.05) is 22.6 Å². The third kappa shape index (κ3) is 9.16. The van der Waals surface area contributed by atoms with Gasteiger partial charge in [0.1, 0.15) is 0 Å². The number of rotatable bonds is 7. The van der Waals surface area contributed by atoms with Gasteiger partial charge >= 0.3 is 0 Å². The second-order valence-corrected chi connectivity index (χ2v) is 8.53. The zero-order chi connectivity index (χ0) is 21.3. The van der Waals surface area contributed by atoms with Crippen LogP contribution in [0.1, 0.15) is 46.9 Å². The second kappa shape index (κ2) is 13.6. The number of carbonyl (C=O) groups excluding carboxylic acids is 1. The molecule has 0 spiro atoms. The van der Waals surface area contributed by atoms with Gasteiger partial charge in [-0.1, -0.05) is 69.3 Å². The number of benzene rings is 1. The summed E-state index contributed by atoms with van der Waals surface area (Å²) in [5.41, 5.74) is 2.60. The van der Waals surface area contributed by atoms with Crippen LogP contribution in [0.25, 0.3) is 11.3 Å². The number of hydrogen-bond donors (Lipinski definition) is 1. The average molecular weight is 455 g/mol. The lowest BCUT2D eigenvalue weighted by molar-refractivity contribution is -0.113. The van der Waals surface area contributed by atoms with E-state index >= 15 is 0 Å². The first kappa shape index (κ1) is 27.4. The highest BCUT2D eigenvalue weighted by atomic mass is 35.5. The van der Waals surface area contributed by atoms with Crippen LogP contribution in [-0.2, 0) is 11.2 Å². The number of hydrogen-bond acceptors (Lipinski definition) is 4. The van der Waals surface area contributed by atoms with Crippen molar-refractivity contribution < 1.29 is 4.79 Å². The smallest absolute Gasteiger partial charge is 0.183 e. The van der Waals surface area contributed by atoms with Crippen LogP contribution in [0.15, 0.2) is 42.5 Å². The minimum absolute atomic E-state index is 0. The summed E-state index contributed by atoms with van der Waals surface area (Å²) >= 11 is 13.8. The van der Waals surface area contributed by atoms with Crippen molar-refractivity contribution in [1.29, 1.82) is 0 Å². The zero-order valence-corrected chi connectivity index (χ0v) is 19.4. The molecule has 1 heterocycles. The summed E-state index contributed by atoms with van der Waals surface area (Å²) in [5, 5.41) is 5.39. The van der Waals surface area contributed by atoms with Gasteiger partial charge in [-0.05, 0) is 45.2 Å². The molecule has 0 radical (unpaired) electrons.